The molecule has 10 heavy (non-hydrogen) atoms. The number of hydrogen-bond acceptors (Lipinski definition) is 1. The van der Waals surface area contributed by atoms with Gasteiger partial charge in [0, 0.05) is 0 Å². The molecule has 2 heteroatoms. The Morgan fingerprint density at radius 2 is 2.00 bits per heavy atom. The molecular formula is C8H5NaO. The fourth-order valence-electron chi connectivity index (χ4n) is 1.14. The Morgan fingerprint density at radius 1 is 1.20 bits per heavy atom. The molecule has 0 aliphatic heterocycles. The second-order valence-electron chi connectivity index (χ2n) is 2.38. The second kappa shape index (κ2) is 2.42. The minimum atomic E-state index is 0.993. The van der Waals surface area contributed by atoms with E-state index >= 15 is 0 Å². The van der Waals surface area contributed by atoms with Gasteiger partial charge in [-0.05, 0) is 0 Å². The fraction of sp³-hybridized carbons (Fsp3) is 0. The third-order valence-electron chi connectivity index (χ3n) is 1.70. The van der Waals surface area contributed by atoms with Crippen LogP contribution in [-0.2, 0) is 0 Å². The van der Waals surface area contributed by atoms with E-state index in [1.54, 1.807) is 0 Å². The maximum atomic E-state index is 5.28. The van der Waals surface area contributed by atoms with E-state index in [0.717, 1.165) is 30.9 Å². The van der Waals surface area contributed by atoms with E-state index < -0.39 is 0 Å². The zero-order valence-electron chi connectivity index (χ0n) is 5.79. The summed E-state index contributed by atoms with van der Waals surface area (Å²) in [5.41, 5.74) is 0. The first-order chi connectivity index (χ1) is 4.88. The molecule has 0 radical (unpaired) electrons. The summed E-state index contributed by atoms with van der Waals surface area (Å²) in [7, 11) is 0. The molecule has 0 saturated carbocycles. The number of rotatable bonds is 0. The van der Waals surface area contributed by atoms with Gasteiger partial charge in [0.1, 0.15) is 0 Å². The summed E-state index contributed by atoms with van der Waals surface area (Å²) in [5.74, 6) is 0. The molecule has 1 heterocycles. The SMILES string of the molecule is [Na][c]1occ2ccccc12. The van der Waals surface area contributed by atoms with Gasteiger partial charge < -0.3 is 0 Å². The fourth-order valence-corrected chi connectivity index (χ4v) is 1.71. The molecule has 0 bridgehead atoms. The molecule has 0 fully saturated rings. The van der Waals surface area contributed by atoms with Crippen LogP contribution in [0.25, 0.3) is 10.8 Å². The van der Waals surface area contributed by atoms with Gasteiger partial charge in [0.05, 0.1) is 0 Å². The molecule has 0 N–H and O–H groups in total. The maximum absolute atomic E-state index is 5.28. The molecule has 0 saturated heterocycles. The molecule has 1 nitrogen and oxygen atoms in total. The van der Waals surface area contributed by atoms with Gasteiger partial charge in [-0.25, -0.2) is 0 Å². The molecule has 0 atom stereocenters. The third-order valence-corrected chi connectivity index (χ3v) is 2.48. The van der Waals surface area contributed by atoms with E-state index in [1.165, 1.54) is 10.8 Å². The van der Waals surface area contributed by atoms with Crippen molar-refractivity contribution in [1.82, 2.24) is 0 Å². The number of benzene rings is 1. The van der Waals surface area contributed by atoms with Crippen LogP contribution >= 0.6 is 0 Å². The molecule has 0 aliphatic rings. The summed E-state index contributed by atoms with van der Waals surface area (Å²) in [6, 6.07) is 8.24. The van der Waals surface area contributed by atoms with Crippen LogP contribution in [-0.4, -0.2) is 27.9 Å². The van der Waals surface area contributed by atoms with Crippen molar-refractivity contribution in [1.29, 1.82) is 0 Å². The molecule has 0 aliphatic carbocycles. The van der Waals surface area contributed by atoms with Crippen LogP contribution < -0.4 is 3.01 Å². The quantitative estimate of drug-likeness (QED) is 0.501. The van der Waals surface area contributed by atoms with Crippen molar-refractivity contribution in [3.05, 3.63) is 30.5 Å². The Balaban J connectivity index is 2.93. The van der Waals surface area contributed by atoms with Gasteiger partial charge in [0.2, 0.25) is 0 Å². The first kappa shape index (κ1) is 6.47. The van der Waals surface area contributed by atoms with Gasteiger partial charge >= 0.3 is 76.7 Å². The Bertz CT molecular complexity index is 351. The van der Waals surface area contributed by atoms with Gasteiger partial charge in [-0.2, -0.15) is 0 Å². The van der Waals surface area contributed by atoms with E-state index in [-0.39, 0.29) is 0 Å². The molecule has 2 aromatic rings. The van der Waals surface area contributed by atoms with Crippen molar-refractivity contribution in [2.45, 2.75) is 0 Å². The zero-order chi connectivity index (χ0) is 6.97. The van der Waals surface area contributed by atoms with E-state index in [9.17, 15) is 0 Å². The zero-order valence-corrected chi connectivity index (χ0v) is 7.79. The second-order valence-corrected chi connectivity index (χ2v) is 3.29. The molecule has 0 amide bonds. The average Bonchev–Trinajstić information content (AvgIpc) is 2.34. The molecule has 1 aromatic carbocycles. The van der Waals surface area contributed by atoms with Crippen molar-refractivity contribution >= 4 is 41.7 Å². The van der Waals surface area contributed by atoms with Crippen molar-refractivity contribution in [3.63, 3.8) is 0 Å². The van der Waals surface area contributed by atoms with Crippen molar-refractivity contribution in [2.75, 3.05) is 0 Å². The summed E-state index contributed by atoms with van der Waals surface area (Å²) in [5, 5.41) is 2.49. The third kappa shape index (κ3) is 0.908. The summed E-state index contributed by atoms with van der Waals surface area (Å²) >= 11 is 0.993. The topological polar surface area (TPSA) is 13.1 Å². The Kier molecular flexibility index (Phi) is 1.57. The first-order valence-corrected chi connectivity index (χ1v) is 4.31. The van der Waals surface area contributed by atoms with Gasteiger partial charge in [0.15, 0.2) is 0 Å². The molecule has 2 rings (SSSR count). The van der Waals surface area contributed by atoms with Crippen LogP contribution in [0.2, 0.25) is 0 Å². The Morgan fingerprint density at radius 3 is 2.80 bits per heavy atom. The summed E-state index contributed by atoms with van der Waals surface area (Å²) in [6.45, 7) is 0. The van der Waals surface area contributed by atoms with Gasteiger partial charge in [-0.15, -0.1) is 0 Å². The average molecular weight is 140 g/mol. The van der Waals surface area contributed by atoms with Gasteiger partial charge in [0.25, 0.3) is 0 Å². The normalized spacial score (nSPS) is 10.6. The van der Waals surface area contributed by atoms with E-state index in [4.69, 9.17) is 4.42 Å². The summed E-state index contributed by atoms with van der Waals surface area (Å²) in [4.78, 5) is 0. The molecule has 0 unspecified atom stereocenters. The minimum absolute atomic E-state index is 0.993. The number of fused-ring (bicyclic) bond motifs is 1. The predicted molar refractivity (Wildman–Crippen MR) is 41.6 cm³/mol. The summed E-state index contributed by atoms with van der Waals surface area (Å²) in [6.07, 6.45) is 1.82. The molecule has 0 spiro atoms. The van der Waals surface area contributed by atoms with Crippen molar-refractivity contribution < 1.29 is 4.42 Å². The van der Waals surface area contributed by atoms with Crippen molar-refractivity contribution in [3.8, 4) is 0 Å². The van der Waals surface area contributed by atoms with Gasteiger partial charge in [-0.1, -0.05) is 0 Å². The standard InChI is InChI=1S/C8H5O.Na/c1-2-4-8-6-9-5-7(8)3-1;/h1-5H;. The molecular weight excluding hydrogens is 135 g/mol. The van der Waals surface area contributed by atoms with Crippen LogP contribution in [0.1, 0.15) is 0 Å². The predicted octanol–water partition coefficient (Wildman–Crippen LogP) is 1.23. The summed E-state index contributed by atoms with van der Waals surface area (Å²) < 4.78 is 6.41. The van der Waals surface area contributed by atoms with E-state index in [1.807, 2.05) is 18.4 Å². The van der Waals surface area contributed by atoms with Gasteiger partial charge in [-0.3, -0.25) is 0 Å². The monoisotopic (exact) mass is 140 g/mol. The van der Waals surface area contributed by atoms with Crippen LogP contribution in [0, 0.1) is 0 Å². The number of hydrogen-bond donors (Lipinski definition) is 0. The Labute approximate surface area is 76.4 Å². The van der Waals surface area contributed by atoms with E-state index in [0.29, 0.717) is 0 Å². The van der Waals surface area contributed by atoms with Crippen LogP contribution in [0.3, 0.4) is 0 Å². The van der Waals surface area contributed by atoms with Crippen LogP contribution in [0.4, 0.5) is 0 Å². The molecule has 44 valence electrons. The molecule has 1 aromatic heterocycles. The van der Waals surface area contributed by atoms with Crippen molar-refractivity contribution in [2.24, 2.45) is 0 Å². The van der Waals surface area contributed by atoms with E-state index in [2.05, 4.69) is 12.1 Å². The van der Waals surface area contributed by atoms with Crippen LogP contribution in [0.15, 0.2) is 34.9 Å². The Hall–Kier alpha value is -0.240. The first-order valence-electron chi connectivity index (χ1n) is 3.31. The number of furan rings is 1. The van der Waals surface area contributed by atoms with Crippen LogP contribution in [0.5, 0.6) is 0 Å².